The van der Waals surface area contributed by atoms with Crippen molar-refractivity contribution in [2.24, 2.45) is 5.92 Å². The van der Waals surface area contributed by atoms with E-state index in [2.05, 4.69) is 15.9 Å². The first-order valence-corrected chi connectivity index (χ1v) is 8.73. The van der Waals surface area contributed by atoms with Crippen molar-refractivity contribution in [2.75, 3.05) is 0 Å². The minimum absolute atomic E-state index is 0.113. The highest BCUT2D eigenvalue weighted by Gasteiger charge is 2.50. The quantitative estimate of drug-likeness (QED) is 0.337. The van der Waals surface area contributed by atoms with E-state index in [1.165, 1.54) is 4.90 Å². The van der Waals surface area contributed by atoms with Crippen LogP contribution in [-0.4, -0.2) is 22.7 Å². The highest BCUT2D eigenvalue weighted by molar-refractivity contribution is 9.10. The SMILES string of the molecule is O=C1Oc2ccc(Br)cc2[C@H]2CC(=O)N(Cc3ccccc3)C(=O)[C@@H]12. The molecule has 2 aromatic carbocycles. The van der Waals surface area contributed by atoms with Crippen molar-refractivity contribution in [3.63, 3.8) is 0 Å². The fourth-order valence-electron chi connectivity index (χ4n) is 3.44. The van der Waals surface area contributed by atoms with E-state index in [9.17, 15) is 14.4 Å². The van der Waals surface area contributed by atoms with E-state index in [4.69, 9.17) is 4.74 Å². The monoisotopic (exact) mass is 399 g/mol. The van der Waals surface area contributed by atoms with Gasteiger partial charge in [0.25, 0.3) is 0 Å². The molecule has 1 saturated heterocycles. The molecule has 0 N–H and O–H groups in total. The van der Waals surface area contributed by atoms with Crippen LogP contribution >= 0.6 is 15.9 Å². The number of nitrogens with zero attached hydrogens (tertiary/aromatic N) is 1. The molecule has 0 aliphatic carbocycles. The van der Waals surface area contributed by atoms with E-state index in [0.717, 1.165) is 15.6 Å². The smallest absolute Gasteiger partial charge is 0.324 e. The maximum absolute atomic E-state index is 12.9. The molecule has 1 fully saturated rings. The van der Waals surface area contributed by atoms with Crippen LogP contribution in [0.3, 0.4) is 0 Å². The van der Waals surface area contributed by atoms with E-state index in [1.54, 1.807) is 12.1 Å². The van der Waals surface area contributed by atoms with E-state index < -0.39 is 23.7 Å². The predicted molar refractivity (Wildman–Crippen MR) is 92.6 cm³/mol. The van der Waals surface area contributed by atoms with Gasteiger partial charge in [-0.2, -0.15) is 0 Å². The Bertz CT molecular complexity index is 880. The molecular formula is C19H14BrNO4. The van der Waals surface area contributed by atoms with E-state index in [-0.39, 0.29) is 18.9 Å². The average molecular weight is 400 g/mol. The van der Waals surface area contributed by atoms with Gasteiger partial charge in [0.1, 0.15) is 11.7 Å². The largest absolute Gasteiger partial charge is 0.426 e. The van der Waals surface area contributed by atoms with Crippen molar-refractivity contribution < 1.29 is 19.1 Å². The molecule has 2 amide bonds. The maximum atomic E-state index is 12.9. The fraction of sp³-hybridized carbons (Fsp3) is 0.211. The lowest BCUT2D eigenvalue weighted by molar-refractivity contribution is -0.161. The first-order valence-electron chi connectivity index (χ1n) is 7.94. The van der Waals surface area contributed by atoms with Crippen LogP contribution < -0.4 is 4.74 Å². The zero-order valence-corrected chi connectivity index (χ0v) is 14.7. The van der Waals surface area contributed by atoms with Crippen LogP contribution in [0.15, 0.2) is 53.0 Å². The summed E-state index contributed by atoms with van der Waals surface area (Å²) < 4.78 is 6.16. The number of hydrogen-bond donors (Lipinski definition) is 0. The minimum Gasteiger partial charge on any atom is -0.426 e. The van der Waals surface area contributed by atoms with E-state index in [0.29, 0.717) is 5.75 Å². The minimum atomic E-state index is -0.969. The van der Waals surface area contributed by atoms with Gasteiger partial charge in [0, 0.05) is 22.4 Å². The van der Waals surface area contributed by atoms with Crippen LogP contribution in [0.5, 0.6) is 5.75 Å². The van der Waals surface area contributed by atoms with Gasteiger partial charge in [-0.3, -0.25) is 19.3 Å². The van der Waals surface area contributed by atoms with Crippen LogP contribution in [0.25, 0.3) is 0 Å². The van der Waals surface area contributed by atoms with Gasteiger partial charge in [-0.1, -0.05) is 46.3 Å². The summed E-state index contributed by atoms with van der Waals surface area (Å²) in [6.07, 6.45) is 0.113. The van der Waals surface area contributed by atoms with Gasteiger partial charge in [0.05, 0.1) is 6.54 Å². The van der Waals surface area contributed by atoms with Crippen LogP contribution in [0.4, 0.5) is 0 Å². The lowest BCUT2D eigenvalue weighted by Gasteiger charge is -2.38. The lowest BCUT2D eigenvalue weighted by Crippen LogP contribution is -2.52. The Morgan fingerprint density at radius 2 is 1.84 bits per heavy atom. The predicted octanol–water partition coefficient (Wildman–Crippen LogP) is 3.03. The molecule has 2 aromatic rings. The van der Waals surface area contributed by atoms with Gasteiger partial charge >= 0.3 is 5.97 Å². The molecule has 0 unspecified atom stereocenters. The van der Waals surface area contributed by atoms with Gasteiger partial charge < -0.3 is 4.74 Å². The summed E-state index contributed by atoms with van der Waals surface area (Å²) in [6.45, 7) is 0.167. The third-order valence-electron chi connectivity index (χ3n) is 4.65. The number of likely N-dealkylation sites (tertiary alicyclic amines) is 1. The van der Waals surface area contributed by atoms with Crippen molar-refractivity contribution in [1.82, 2.24) is 4.90 Å². The topological polar surface area (TPSA) is 63.7 Å². The van der Waals surface area contributed by atoms with Gasteiger partial charge in [-0.15, -0.1) is 0 Å². The van der Waals surface area contributed by atoms with Gasteiger partial charge in [0.2, 0.25) is 11.8 Å². The standard InChI is InChI=1S/C19H14BrNO4/c20-12-6-7-15-13(8-12)14-9-16(22)21(10-11-4-2-1-3-5-11)18(23)17(14)19(24)25-15/h1-8,14,17H,9-10H2/t14-,17+/m1/s1. The van der Waals surface area contributed by atoms with Crippen molar-refractivity contribution in [1.29, 1.82) is 0 Å². The van der Waals surface area contributed by atoms with Crippen molar-refractivity contribution in [2.45, 2.75) is 18.9 Å². The summed E-state index contributed by atoms with van der Waals surface area (Å²) in [5.74, 6) is -2.36. The Morgan fingerprint density at radius 1 is 1.08 bits per heavy atom. The molecule has 0 saturated carbocycles. The molecule has 0 spiro atoms. The lowest BCUT2D eigenvalue weighted by atomic mass is 9.77. The summed E-state index contributed by atoms with van der Waals surface area (Å²) in [6, 6.07) is 14.5. The first kappa shape index (κ1) is 16.0. The summed E-state index contributed by atoms with van der Waals surface area (Å²) >= 11 is 3.39. The Balaban J connectivity index is 1.68. The number of carbonyl (C=O) groups is 3. The Morgan fingerprint density at radius 3 is 2.60 bits per heavy atom. The molecule has 25 heavy (non-hydrogen) atoms. The molecule has 0 radical (unpaired) electrons. The number of fused-ring (bicyclic) bond motifs is 3. The zero-order valence-electron chi connectivity index (χ0n) is 13.1. The number of halogens is 1. The van der Waals surface area contributed by atoms with Crippen LogP contribution in [-0.2, 0) is 20.9 Å². The summed E-state index contributed by atoms with van der Waals surface area (Å²) in [5.41, 5.74) is 1.56. The number of imide groups is 1. The second-order valence-electron chi connectivity index (χ2n) is 6.20. The fourth-order valence-corrected chi connectivity index (χ4v) is 3.82. The molecule has 0 bridgehead atoms. The Kier molecular flexibility index (Phi) is 3.92. The number of piperidine rings is 1. The first-order chi connectivity index (χ1) is 12.0. The Labute approximate surface area is 152 Å². The van der Waals surface area contributed by atoms with Crippen molar-refractivity contribution >= 4 is 33.7 Å². The highest BCUT2D eigenvalue weighted by atomic mass is 79.9. The summed E-state index contributed by atoms with van der Waals surface area (Å²) in [7, 11) is 0. The summed E-state index contributed by atoms with van der Waals surface area (Å²) in [5, 5.41) is 0. The van der Waals surface area contributed by atoms with Gasteiger partial charge in [0.15, 0.2) is 0 Å². The molecule has 126 valence electrons. The normalized spacial score (nSPS) is 22.3. The van der Waals surface area contributed by atoms with E-state index in [1.807, 2.05) is 36.4 Å². The third-order valence-corrected chi connectivity index (χ3v) is 5.14. The second-order valence-corrected chi connectivity index (χ2v) is 7.11. The van der Waals surface area contributed by atoms with Crippen molar-refractivity contribution in [3.8, 4) is 5.75 Å². The van der Waals surface area contributed by atoms with Gasteiger partial charge in [-0.05, 0) is 23.8 Å². The number of benzene rings is 2. The number of ether oxygens (including phenoxy) is 1. The van der Waals surface area contributed by atoms with Crippen LogP contribution in [0.1, 0.15) is 23.5 Å². The third kappa shape index (κ3) is 2.76. The molecule has 2 aliphatic heterocycles. The van der Waals surface area contributed by atoms with E-state index >= 15 is 0 Å². The molecule has 2 atom stereocenters. The Hall–Kier alpha value is -2.47. The number of rotatable bonds is 2. The second kappa shape index (κ2) is 6.11. The molecule has 4 rings (SSSR count). The summed E-state index contributed by atoms with van der Waals surface area (Å²) in [4.78, 5) is 39.0. The zero-order chi connectivity index (χ0) is 17.6. The van der Waals surface area contributed by atoms with Crippen molar-refractivity contribution in [3.05, 3.63) is 64.1 Å². The highest BCUT2D eigenvalue weighted by Crippen LogP contribution is 2.44. The van der Waals surface area contributed by atoms with Crippen LogP contribution in [0.2, 0.25) is 0 Å². The molecule has 0 aromatic heterocycles. The molecule has 6 heteroatoms. The number of esters is 1. The van der Waals surface area contributed by atoms with Crippen LogP contribution in [0, 0.1) is 5.92 Å². The number of hydrogen-bond acceptors (Lipinski definition) is 4. The molecular weight excluding hydrogens is 386 g/mol. The molecule has 2 heterocycles. The molecule has 5 nitrogen and oxygen atoms in total. The maximum Gasteiger partial charge on any atom is 0.324 e. The molecule has 2 aliphatic rings. The van der Waals surface area contributed by atoms with Gasteiger partial charge in [-0.25, -0.2) is 0 Å². The number of amides is 2. The number of carbonyl (C=O) groups excluding carboxylic acids is 3. The average Bonchev–Trinajstić information content (AvgIpc) is 2.60.